The van der Waals surface area contributed by atoms with Gasteiger partial charge in [-0.3, -0.25) is 4.68 Å². The molecular formula is C13H24ClN3O. The van der Waals surface area contributed by atoms with Crippen LogP contribution in [-0.4, -0.2) is 27.0 Å². The second-order valence-corrected chi connectivity index (χ2v) is 5.28. The average molecular weight is 274 g/mol. The van der Waals surface area contributed by atoms with Gasteiger partial charge in [0, 0.05) is 25.2 Å². The predicted molar refractivity (Wildman–Crippen MR) is 74.9 cm³/mol. The molecule has 4 nitrogen and oxygen atoms in total. The van der Waals surface area contributed by atoms with Crippen molar-refractivity contribution in [1.29, 1.82) is 0 Å². The van der Waals surface area contributed by atoms with Crippen molar-refractivity contribution in [2.24, 2.45) is 0 Å². The summed E-state index contributed by atoms with van der Waals surface area (Å²) in [6.07, 6.45) is 1.70. The molecule has 5 heteroatoms. The third-order valence-electron chi connectivity index (χ3n) is 3.58. The zero-order chi connectivity index (χ0) is 13.8. The van der Waals surface area contributed by atoms with Crippen molar-refractivity contribution < 1.29 is 5.11 Å². The summed E-state index contributed by atoms with van der Waals surface area (Å²) in [5.74, 6) is 0. The Bertz CT molecular complexity index is 392. The van der Waals surface area contributed by atoms with Crippen molar-refractivity contribution in [1.82, 2.24) is 15.1 Å². The lowest BCUT2D eigenvalue weighted by Crippen LogP contribution is -2.42. The Labute approximate surface area is 114 Å². The SMILES string of the molecule is CCn1nc(C)c(Cl)c1CNC(C)(CC)CCO. The van der Waals surface area contributed by atoms with Gasteiger partial charge in [-0.25, -0.2) is 0 Å². The quantitative estimate of drug-likeness (QED) is 0.803. The van der Waals surface area contributed by atoms with Gasteiger partial charge in [-0.2, -0.15) is 5.10 Å². The number of hydrogen-bond acceptors (Lipinski definition) is 3. The summed E-state index contributed by atoms with van der Waals surface area (Å²) in [5, 5.41) is 17.7. The van der Waals surface area contributed by atoms with E-state index in [-0.39, 0.29) is 12.1 Å². The third-order valence-corrected chi connectivity index (χ3v) is 4.07. The monoisotopic (exact) mass is 273 g/mol. The second-order valence-electron chi connectivity index (χ2n) is 4.90. The number of hydrogen-bond donors (Lipinski definition) is 2. The second kappa shape index (κ2) is 6.55. The van der Waals surface area contributed by atoms with E-state index in [4.69, 9.17) is 16.7 Å². The smallest absolute Gasteiger partial charge is 0.0860 e. The van der Waals surface area contributed by atoms with E-state index in [1.807, 2.05) is 11.6 Å². The molecule has 2 N–H and O–H groups in total. The molecule has 0 fully saturated rings. The molecule has 1 aromatic heterocycles. The van der Waals surface area contributed by atoms with E-state index in [0.717, 1.165) is 35.8 Å². The molecule has 0 spiro atoms. The molecule has 0 aliphatic heterocycles. The maximum absolute atomic E-state index is 9.11. The zero-order valence-electron chi connectivity index (χ0n) is 11.8. The van der Waals surface area contributed by atoms with Crippen molar-refractivity contribution in [2.75, 3.05) is 6.61 Å². The first-order valence-electron chi connectivity index (χ1n) is 6.55. The van der Waals surface area contributed by atoms with Crippen LogP contribution in [0.4, 0.5) is 0 Å². The van der Waals surface area contributed by atoms with Gasteiger partial charge in [-0.15, -0.1) is 0 Å². The summed E-state index contributed by atoms with van der Waals surface area (Å²) < 4.78 is 1.93. The molecular weight excluding hydrogens is 250 g/mol. The lowest BCUT2D eigenvalue weighted by Gasteiger charge is -2.29. The minimum atomic E-state index is -0.0607. The van der Waals surface area contributed by atoms with E-state index in [2.05, 4.69) is 31.2 Å². The summed E-state index contributed by atoms with van der Waals surface area (Å²) in [5.41, 5.74) is 1.83. The number of aliphatic hydroxyl groups excluding tert-OH is 1. The number of nitrogens with one attached hydrogen (secondary N) is 1. The molecule has 1 rings (SSSR count). The van der Waals surface area contributed by atoms with Gasteiger partial charge in [0.25, 0.3) is 0 Å². The van der Waals surface area contributed by atoms with Crippen molar-refractivity contribution in [3.8, 4) is 0 Å². The van der Waals surface area contributed by atoms with Crippen LogP contribution in [-0.2, 0) is 13.1 Å². The highest BCUT2D eigenvalue weighted by atomic mass is 35.5. The Morgan fingerprint density at radius 2 is 2.11 bits per heavy atom. The van der Waals surface area contributed by atoms with Gasteiger partial charge in [-0.05, 0) is 33.6 Å². The fraction of sp³-hybridized carbons (Fsp3) is 0.769. The molecule has 104 valence electrons. The van der Waals surface area contributed by atoms with E-state index in [1.165, 1.54) is 0 Å². The Morgan fingerprint density at radius 3 is 2.61 bits per heavy atom. The summed E-state index contributed by atoms with van der Waals surface area (Å²) in [7, 11) is 0. The van der Waals surface area contributed by atoms with E-state index < -0.39 is 0 Å². The van der Waals surface area contributed by atoms with Crippen LogP contribution in [0.5, 0.6) is 0 Å². The zero-order valence-corrected chi connectivity index (χ0v) is 12.5. The lowest BCUT2D eigenvalue weighted by atomic mass is 9.95. The lowest BCUT2D eigenvalue weighted by molar-refractivity contribution is 0.213. The number of nitrogens with zero attached hydrogens (tertiary/aromatic N) is 2. The minimum Gasteiger partial charge on any atom is -0.396 e. The van der Waals surface area contributed by atoms with Crippen molar-refractivity contribution in [2.45, 2.75) is 59.2 Å². The van der Waals surface area contributed by atoms with Crippen LogP contribution in [0.25, 0.3) is 0 Å². The molecule has 0 saturated carbocycles. The normalized spacial score (nSPS) is 14.8. The summed E-state index contributed by atoms with van der Waals surface area (Å²) >= 11 is 6.27. The van der Waals surface area contributed by atoms with Crippen LogP contribution in [0.1, 0.15) is 45.0 Å². The van der Waals surface area contributed by atoms with Crippen molar-refractivity contribution in [3.63, 3.8) is 0 Å². The molecule has 0 aromatic carbocycles. The van der Waals surface area contributed by atoms with E-state index >= 15 is 0 Å². The first kappa shape index (κ1) is 15.5. The van der Waals surface area contributed by atoms with Crippen LogP contribution < -0.4 is 5.32 Å². The first-order valence-corrected chi connectivity index (χ1v) is 6.93. The molecule has 1 unspecified atom stereocenters. The average Bonchev–Trinajstić information content (AvgIpc) is 2.63. The van der Waals surface area contributed by atoms with Gasteiger partial charge >= 0.3 is 0 Å². The van der Waals surface area contributed by atoms with Gasteiger partial charge in [0.05, 0.1) is 16.4 Å². The van der Waals surface area contributed by atoms with Crippen LogP contribution in [0.2, 0.25) is 5.02 Å². The van der Waals surface area contributed by atoms with Crippen LogP contribution >= 0.6 is 11.6 Å². The molecule has 0 amide bonds. The van der Waals surface area contributed by atoms with Gasteiger partial charge in [0.2, 0.25) is 0 Å². The third kappa shape index (κ3) is 3.46. The number of aryl methyl sites for hydroxylation is 2. The molecule has 0 aliphatic carbocycles. The topological polar surface area (TPSA) is 50.1 Å². The van der Waals surface area contributed by atoms with Gasteiger partial charge in [-0.1, -0.05) is 18.5 Å². The largest absolute Gasteiger partial charge is 0.396 e. The molecule has 0 bridgehead atoms. The van der Waals surface area contributed by atoms with Crippen LogP contribution in [0.15, 0.2) is 0 Å². The maximum atomic E-state index is 9.11. The van der Waals surface area contributed by atoms with Crippen LogP contribution in [0, 0.1) is 6.92 Å². The molecule has 1 atom stereocenters. The van der Waals surface area contributed by atoms with Gasteiger partial charge < -0.3 is 10.4 Å². The number of aromatic nitrogens is 2. The molecule has 0 radical (unpaired) electrons. The number of aliphatic hydroxyl groups is 1. The Morgan fingerprint density at radius 1 is 1.44 bits per heavy atom. The van der Waals surface area contributed by atoms with Gasteiger partial charge in [0.1, 0.15) is 0 Å². The fourth-order valence-electron chi connectivity index (χ4n) is 1.97. The predicted octanol–water partition coefficient (Wildman–Crippen LogP) is 2.51. The van der Waals surface area contributed by atoms with Gasteiger partial charge in [0.15, 0.2) is 0 Å². The Hall–Kier alpha value is -0.580. The number of rotatable bonds is 7. The summed E-state index contributed by atoms with van der Waals surface area (Å²) in [4.78, 5) is 0. The van der Waals surface area contributed by atoms with E-state index in [9.17, 15) is 0 Å². The summed E-state index contributed by atoms with van der Waals surface area (Å²) in [6, 6.07) is 0. The maximum Gasteiger partial charge on any atom is 0.0860 e. The standard InChI is InChI=1S/C13H24ClN3O/c1-5-13(4,7-8-18)15-9-11-12(14)10(3)16-17(11)6-2/h15,18H,5-9H2,1-4H3. The summed E-state index contributed by atoms with van der Waals surface area (Å²) in [6.45, 7) is 9.90. The van der Waals surface area contributed by atoms with Crippen molar-refractivity contribution >= 4 is 11.6 Å². The highest BCUT2D eigenvalue weighted by molar-refractivity contribution is 6.31. The molecule has 1 heterocycles. The molecule has 0 aliphatic rings. The minimum absolute atomic E-state index is 0.0607. The highest BCUT2D eigenvalue weighted by Crippen LogP contribution is 2.22. The fourth-order valence-corrected chi connectivity index (χ4v) is 2.17. The Kier molecular flexibility index (Phi) is 5.63. The highest BCUT2D eigenvalue weighted by Gasteiger charge is 2.22. The Balaban J connectivity index is 2.79. The molecule has 18 heavy (non-hydrogen) atoms. The molecule has 0 saturated heterocycles. The van der Waals surface area contributed by atoms with E-state index in [1.54, 1.807) is 0 Å². The van der Waals surface area contributed by atoms with Crippen molar-refractivity contribution in [3.05, 3.63) is 16.4 Å². The molecule has 1 aromatic rings. The van der Waals surface area contributed by atoms with E-state index in [0.29, 0.717) is 6.54 Å². The first-order chi connectivity index (χ1) is 8.47. The van der Waals surface area contributed by atoms with Crippen LogP contribution in [0.3, 0.4) is 0 Å². The number of halogens is 1.